The van der Waals surface area contributed by atoms with E-state index < -0.39 is 5.97 Å². The molecule has 2 N–H and O–H groups in total. The van der Waals surface area contributed by atoms with Crippen molar-refractivity contribution in [3.05, 3.63) is 35.3 Å². The zero-order chi connectivity index (χ0) is 15.2. The second kappa shape index (κ2) is 6.99. The summed E-state index contributed by atoms with van der Waals surface area (Å²) in [6, 6.07) is 0. The molecular weight excluding hydrogens is 268 g/mol. The molecule has 1 aromatic heterocycles. The number of aromatic amines is 1. The van der Waals surface area contributed by atoms with Gasteiger partial charge in [0.1, 0.15) is 0 Å². The third-order valence-electron chi connectivity index (χ3n) is 3.52. The average molecular weight is 288 g/mol. The number of carbonyl (C=O) groups is 1. The second-order valence-electron chi connectivity index (χ2n) is 5.07. The summed E-state index contributed by atoms with van der Waals surface area (Å²) in [7, 11) is 0. The van der Waals surface area contributed by atoms with Crippen LogP contribution in [0.4, 0.5) is 0 Å². The van der Waals surface area contributed by atoms with Gasteiger partial charge in [0, 0.05) is 37.0 Å². The first-order valence-electron chi connectivity index (χ1n) is 6.90. The van der Waals surface area contributed by atoms with Crippen molar-refractivity contribution in [1.82, 2.24) is 15.1 Å². The van der Waals surface area contributed by atoms with Gasteiger partial charge >= 0.3 is 5.97 Å². The fraction of sp³-hybridized carbons (Fsp3) is 0.400. The first kappa shape index (κ1) is 15.2. The van der Waals surface area contributed by atoms with E-state index in [2.05, 4.69) is 28.0 Å². The van der Waals surface area contributed by atoms with E-state index in [0.29, 0.717) is 6.54 Å². The predicted octanol–water partition coefficient (Wildman–Crippen LogP) is 1.86. The van der Waals surface area contributed by atoms with Gasteiger partial charge in [0.05, 0.1) is 12.2 Å². The SMILES string of the molecule is C=N/C=C\C/C=C(\C)c1n[nH]c2c1CN(CC(=O)O)CC2. The van der Waals surface area contributed by atoms with Crippen LogP contribution in [0.25, 0.3) is 5.57 Å². The molecule has 2 heterocycles. The Morgan fingerprint density at radius 3 is 3.14 bits per heavy atom. The number of carboxylic acids is 1. The van der Waals surface area contributed by atoms with Crippen molar-refractivity contribution in [2.24, 2.45) is 4.99 Å². The van der Waals surface area contributed by atoms with Crippen LogP contribution in [0.2, 0.25) is 0 Å². The molecule has 21 heavy (non-hydrogen) atoms. The van der Waals surface area contributed by atoms with Crippen LogP contribution >= 0.6 is 0 Å². The molecule has 1 aliphatic rings. The van der Waals surface area contributed by atoms with Crippen molar-refractivity contribution in [3.63, 3.8) is 0 Å². The number of aromatic nitrogens is 2. The Kier molecular flexibility index (Phi) is 5.05. The zero-order valence-corrected chi connectivity index (χ0v) is 12.2. The molecule has 0 amide bonds. The molecule has 0 saturated heterocycles. The van der Waals surface area contributed by atoms with Crippen molar-refractivity contribution in [1.29, 1.82) is 0 Å². The highest BCUT2D eigenvalue weighted by Crippen LogP contribution is 2.25. The maximum atomic E-state index is 10.8. The van der Waals surface area contributed by atoms with Crippen LogP contribution in [0.1, 0.15) is 30.3 Å². The molecule has 0 atom stereocenters. The monoisotopic (exact) mass is 288 g/mol. The smallest absolute Gasteiger partial charge is 0.317 e. The normalized spacial score (nSPS) is 16.1. The van der Waals surface area contributed by atoms with Crippen molar-refractivity contribution < 1.29 is 9.90 Å². The average Bonchev–Trinajstić information content (AvgIpc) is 2.86. The molecule has 0 aromatic carbocycles. The van der Waals surface area contributed by atoms with Crippen molar-refractivity contribution in [2.45, 2.75) is 26.3 Å². The van der Waals surface area contributed by atoms with Crippen LogP contribution in [-0.2, 0) is 17.8 Å². The lowest BCUT2D eigenvalue weighted by Gasteiger charge is -2.25. The summed E-state index contributed by atoms with van der Waals surface area (Å²) in [5, 5.41) is 16.4. The lowest BCUT2D eigenvalue weighted by molar-refractivity contribution is -0.138. The molecule has 1 aliphatic heterocycles. The third-order valence-corrected chi connectivity index (χ3v) is 3.52. The number of rotatable bonds is 6. The van der Waals surface area contributed by atoms with E-state index in [0.717, 1.165) is 41.9 Å². The Bertz CT molecular complexity index is 586. The summed E-state index contributed by atoms with van der Waals surface area (Å²) in [6.45, 7) is 6.85. The van der Waals surface area contributed by atoms with Gasteiger partial charge in [-0.3, -0.25) is 19.8 Å². The van der Waals surface area contributed by atoms with Crippen LogP contribution in [0.15, 0.2) is 23.3 Å². The Hall–Kier alpha value is -2.21. The summed E-state index contributed by atoms with van der Waals surface area (Å²) in [5.74, 6) is -0.794. The minimum Gasteiger partial charge on any atom is -0.480 e. The molecule has 0 spiro atoms. The van der Waals surface area contributed by atoms with E-state index in [1.807, 2.05) is 17.9 Å². The first-order valence-corrected chi connectivity index (χ1v) is 6.90. The highest BCUT2D eigenvalue weighted by Gasteiger charge is 2.23. The number of aliphatic carboxylic acids is 1. The molecule has 6 nitrogen and oxygen atoms in total. The number of H-pyrrole nitrogens is 1. The molecule has 0 aliphatic carbocycles. The van der Waals surface area contributed by atoms with E-state index in [1.54, 1.807) is 6.20 Å². The maximum Gasteiger partial charge on any atom is 0.317 e. The molecule has 1 aromatic rings. The number of allylic oxidation sites excluding steroid dienone is 3. The Morgan fingerprint density at radius 2 is 2.43 bits per heavy atom. The zero-order valence-electron chi connectivity index (χ0n) is 12.2. The summed E-state index contributed by atoms with van der Waals surface area (Å²) in [5.41, 5.74) is 4.24. The molecule has 0 unspecified atom stereocenters. The van der Waals surface area contributed by atoms with Gasteiger partial charge in [0.25, 0.3) is 0 Å². The maximum absolute atomic E-state index is 10.8. The number of hydrogen-bond donors (Lipinski definition) is 2. The minimum absolute atomic E-state index is 0.0700. The number of fused-ring (bicyclic) bond motifs is 1. The number of nitrogens with zero attached hydrogens (tertiary/aromatic N) is 3. The van der Waals surface area contributed by atoms with Crippen LogP contribution in [0.3, 0.4) is 0 Å². The molecule has 112 valence electrons. The van der Waals surface area contributed by atoms with E-state index in [-0.39, 0.29) is 6.54 Å². The van der Waals surface area contributed by atoms with Gasteiger partial charge in [-0.25, -0.2) is 0 Å². The van der Waals surface area contributed by atoms with Crippen LogP contribution in [0.5, 0.6) is 0 Å². The molecular formula is C15H20N4O2. The van der Waals surface area contributed by atoms with Gasteiger partial charge in [-0.2, -0.15) is 5.10 Å². The lowest BCUT2D eigenvalue weighted by atomic mass is 10.0. The molecule has 0 saturated carbocycles. The van der Waals surface area contributed by atoms with E-state index in [4.69, 9.17) is 5.11 Å². The standard InChI is InChI=1S/C15H20N4O2/c1-11(5-3-4-7-16-2)15-12-9-19(10-14(20)21)8-6-13(12)17-18-15/h4-5,7H,2-3,6,8-10H2,1H3,(H,17,18)(H,20,21)/b7-4-,11-5+. The van der Waals surface area contributed by atoms with Crippen molar-refractivity contribution in [2.75, 3.05) is 13.1 Å². The topological polar surface area (TPSA) is 81.6 Å². The third kappa shape index (κ3) is 3.88. The highest BCUT2D eigenvalue weighted by atomic mass is 16.4. The van der Waals surface area contributed by atoms with E-state index >= 15 is 0 Å². The summed E-state index contributed by atoms with van der Waals surface area (Å²) >= 11 is 0. The molecule has 0 radical (unpaired) electrons. The number of nitrogens with one attached hydrogen (secondary N) is 1. The van der Waals surface area contributed by atoms with Crippen molar-refractivity contribution >= 4 is 18.3 Å². The Labute approximate surface area is 123 Å². The lowest BCUT2D eigenvalue weighted by Crippen LogP contribution is -2.34. The fourth-order valence-electron chi connectivity index (χ4n) is 2.48. The number of carboxylic acid groups (broad SMARTS) is 1. The molecule has 2 rings (SSSR count). The summed E-state index contributed by atoms with van der Waals surface area (Å²) in [4.78, 5) is 16.4. The van der Waals surface area contributed by atoms with Crippen LogP contribution < -0.4 is 0 Å². The predicted molar refractivity (Wildman–Crippen MR) is 82.2 cm³/mol. The second-order valence-corrected chi connectivity index (χ2v) is 5.07. The van der Waals surface area contributed by atoms with Gasteiger partial charge in [-0.05, 0) is 25.6 Å². The summed E-state index contributed by atoms with van der Waals surface area (Å²) in [6.07, 6.45) is 7.24. The minimum atomic E-state index is -0.794. The molecule has 0 bridgehead atoms. The van der Waals surface area contributed by atoms with Gasteiger partial charge in [0.2, 0.25) is 0 Å². The van der Waals surface area contributed by atoms with Crippen LogP contribution in [0, 0.1) is 0 Å². The molecule has 0 fully saturated rings. The van der Waals surface area contributed by atoms with Gasteiger partial charge in [-0.15, -0.1) is 0 Å². The van der Waals surface area contributed by atoms with E-state index in [9.17, 15) is 4.79 Å². The summed E-state index contributed by atoms with van der Waals surface area (Å²) < 4.78 is 0. The van der Waals surface area contributed by atoms with Crippen LogP contribution in [-0.4, -0.2) is 46.0 Å². The Balaban J connectivity index is 2.13. The van der Waals surface area contributed by atoms with Crippen molar-refractivity contribution in [3.8, 4) is 0 Å². The molecule has 6 heteroatoms. The highest BCUT2D eigenvalue weighted by molar-refractivity contribution is 5.69. The largest absolute Gasteiger partial charge is 0.480 e. The Morgan fingerprint density at radius 1 is 1.62 bits per heavy atom. The first-order chi connectivity index (χ1) is 10.1. The van der Waals surface area contributed by atoms with E-state index in [1.165, 1.54) is 0 Å². The quantitative estimate of drug-likeness (QED) is 0.783. The van der Waals surface area contributed by atoms with Gasteiger partial charge in [0.15, 0.2) is 0 Å². The van der Waals surface area contributed by atoms with Gasteiger partial charge < -0.3 is 5.11 Å². The fourth-order valence-corrected chi connectivity index (χ4v) is 2.48. The number of aliphatic imine (C=N–C) groups is 1. The number of hydrogen-bond acceptors (Lipinski definition) is 4. The van der Waals surface area contributed by atoms with Gasteiger partial charge in [-0.1, -0.05) is 12.2 Å².